The first-order chi connectivity index (χ1) is 11.5. The van der Waals surface area contributed by atoms with Crippen LogP contribution < -0.4 is 15.4 Å². The molecule has 1 aliphatic rings. The van der Waals surface area contributed by atoms with Gasteiger partial charge in [-0.25, -0.2) is 9.98 Å². The number of hydrogen-bond donors (Lipinski definition) is 1. The molecule has 0 fully saturated rings. The first-order valence-corrected chi connectivity index (χ1v) is 8.82. The monoisotopic (exact) mass is 356 g/mol. The van der Waals surface area contributed by atoms with Gasteiger partial charge < -0.3 is 5.11 Å². The summed E-state index contributed by atoms with van der Waals surface area (Å²) in [6, 6.07) is 7.30. The summed E-state index contributed by atoms with van der Waals surface area (Å²) in [5.74, 6) is -0.340. The van der Waals surface area contributed by atoms with E-state index in [9.17, 15) is 9.90 Å². The number of hydrogen-bond acceptors (Lipinski definition) is 6. The Labute approximate surface area is 144 Å². The summed E-state index contributed by atoms with van der Waals surface area (Å²) in [6.07, 6.45) is 0. The number of carbonyl (C=O) groups is 1. The van der Waals surface area contributed by atoms with Gasteiger partial charge in [0.2, 0.25) is 11.0 Å². The third-order valence-corrected chi connectivity index (χ3v) is 5.63. The predicted molar refractivity (Wildman–Crippen MR) is 91.8 cm³/mol. The molecule has 3 heterocycles. The average molecular weight is 356 g/mol. The first-order valence-electron chi connectivity index (χ1n) is 7.13. The minimum Gasteiger partial charge on any atom is -0.493 e. The third kappa shape index (κ3) is 2.31. The number of thiazole rings is 2. The fraction of sp³-hybridized carbons (Fsp3) is 0.125. The van der Waals surface area contributed by atoms with Gasteiger partial charge in [0, 0.05) is 17.6 Å². The Hall–Kier alpha value is -2.58. The molecule has 6 nitrogen and oxygen atoms in total. The van der Waals surface area contributed by atoms with E-state index in [2.05, 4.69) is 15.0 Å². The molecule has 0 aliphatic carbocycles. The highest BCUT2D eigenvalue weighted by Crippen LogP contribution is 2.28. The molecule has 4 rings (SSSR count). The fourth-order valence-corrected chi connectivity index (χ4v) is 4.25. The number of rotatable bonds is 2. The molecule has 1 aromatic carbocycles. The van der Waals surface area contributed by atoms with Gasteiger partial charge in [0.15, 0.2) is 4.80 Å². The van der Waals surface area contributed by atoms with Gasteiger partial charge >= 0.3 is 0 Å². The van der Waals surface area contributed by atoms with Crippen molar-refractivity contribution in [1.29, 1.82) is 0 Å². The van der Waals surface area contributed by atoms with Crippen LogP contribution in [-0.4, -0.2) is 20.6 Å². The Bertz CT molecular complexity index is 1170. The first kappa shape index (κ1) is 15.0. The Morgan fingerprint density at radius 1 is 1.29 bits per heavy atom. The van der Waals surface area contributed by atoms with Crippen molar-refractivity contribution in [2.24, 2.45) is 17.0 Å². The Kier molecular flexibility index (Phi) is 3.43. The molecule has 0 spiro atoms. The lowest BCUT2D eigenvalue weighted by molar-refractivity contribution is -0.112. The topological polar surface area (TPSA) is 79.8 Å². The maximum absolute atomic E-state index is 12.3. The summed E-state index contributed by atoms with van der Waals surface area (Å²) in [5, 5.41) is 14.4. The maximum atomic E-state index is 12.3. The third-order valence-electron chi connectivity index (χ3n) is 3.64. The lowest BCUT2D eigenvalue weighted by atomic mass is 10.1. The zero-order chi connectivity index (χ0) is 16.8. The van der Waals surface area contributed by atoms with Crippen molar-refractivity contribution in [1.82, 2.24) is 9.55 Å². The number of aromatic nitrogens is 2. The normalized spacial score (nSPS) is 14.2. The summed E-state index contributed by atoms with van der Waals surface area (Å²) in [6.45, 7) is 1.90. The number of aromatic hydroxyl groups is 1. The van der Waals surface area contributed by atoms with E-state index in [1.54, 1.807) is 17.7 Å². The van der Waals surface area contributed by atoms with Crippen molar-refractivity contribution in [3.8, 4) is 5.88 Å². The van der Waals surface area contributed by atoms with Crippen LogP contribution in [-0.2, 0) is 11.8 Å². The van der Waals surface area contributed by atoms with Crippen LogP contribution in [0, 0.1) is 6.92 Å². The lowest BCUT2D eigenvalue weighted by Gasteiger charge is -1.98. The standard InChI is InChI=1S/C16H12N4O2S2/c1-8-7-23-15(17-8)19-16-20(2)14(22)12(24-16)11-9-5-3-4-6-10(9)18-13(11)21/h3-7,22H,1-2H3/b19-16+. The summed E-state index contributed by atoms with van der Waals surface area (Å²) < 4.78 is 1.55. The number of benzene rings is 1. The molecule has 0 bridgehead atoms. The van der Waals surface area contributed by atoms with Gasteiger partial charge in [-0.2, -0.15) is 4.99 Å². The lowest BCUT2D eigenvalue weighted by Crippen LogP contribution is -2.22. The van der Waals surface area contributed by atoms with Gasteiger partial charge in [-0.15, -0.1) is 11.3 Å². The van der Waals surface area contributed by atoms with Crippen LogP contribution in [0.4, 0.5) is 5.13 Å². The van der Waals surface area contributed by atoms with Gasteiger partial charge in [0.1, 0.15) is 4.88 Å². The molecule has 1 aliphatic heterocycles. The van der Waals surface area contributed by atoms with Gasteiger partial charge in [-0.05, 0) is 13.0 Å². The molecular weight excluding hydrogens is 344 g/mol. The molecule has 0 unspecified atom stereocenters. The molecule has 1 amide bonds. The van der Waals surface area contributed by atoms with E-state index in [0.29, 0.717) is 25.7 Å². The summed E-state index contributed by atoms with van der Waals surface area (Å²) >= 11 is 2.68. The van der Waals surface area contributed by atoms with E-state index >= 15 is 0 Å². The van der Waals surface area contributed by atoms with Crippen LogP contribution in [0.1, 0.15) is 10.6 Å². The highest BCUT2D eigenvalue weighted by atomic mass is 32.1. The van der Waals surface area contributed by atoms with Gasteiger partial charge in [0.25, 0.3) is 5.91 Å². The van der Waals surface area contributed by atoms with Crippen LogP contribution in [0.2, 0.25) is 0 Å². The molecular formula is C16H12N4O2S2. The van der Waals surface area contributed by atoms with E-state index < -0.39 is 0 Å². The highest BCUT2D eigenvalue weighted by Gasteiger charge is 2.24. The molecule has 2 aromatic heterocycles. The quantitative estimate of drug-likeness (QED) is 0.748. The second-order valence-electron chi connectivity index (χ2n) is 5.29. The zero-order valence-corrected chi connectivity index (χ0v) is 14.5. The van der Waals surface area contributed by atoms with Crippen LogP contribution in [0.25, 0.3) is 5.57 Å². The Morgan fingerprint density at radius 3 is 2.83 bits per heavy atom. The van der Waals surface area contributed by atoms with Crippen molar-refractivity contribution < 1.29 is 9.90 Å². The number of fused-ring (bicyclic) bond motifs is 1. The molecule has 3 aromatic rings. The van der Waals surface area contributed by atoms with Crippen molar-refractivity contribution in [3.63, 3.8) is 0 Å². The minimum atomic E-state index is -0.343. The molecule has 120 valence electrons. The molecule has 1 N–H and O–H groups in total. The van der Waals surface area contributed by atoms with Gasteiger partial charge in [0.05, 0.1) is 16.6 Å². The number of carbonyl (C=O) groups excluding carboxylic acids is 1. The molecule has 0 radical (unpaired) electrons. The molecule has 0 atom stereocenters. The van der Waals surface area contributed by atoms with E-state index in [-0.39, 0.29) is 11.8 Å². The smallest absolute Gasteiger partial charge is 0.279 e. The van der Waals surface area contributed by atoms with Gasteiger partial charge in [-0.1, -0.05) is 29.5 Å². The second-order valence-corrected chi connectivity index (χ2v) is 7.10. The maximum Gasteiger partial charge on any atom is 0.279 e. The molecule has 0 saturated heterocycles. The number of amides is 1. The fourth-order valence-electron chi connectivity index (χ4n) is 2.47. The van der Waals surface area contributed by atoms with E-state index in [1.807, 2.05) is 30.5 Å². The van der Waals surface area contributed by atoms with Crippen molar-refractivity contribution in [2.75, 3.05) is 0 Å². The SMILES string of the molecule is Cc1csc(/N=c2/sc(C3=c4ccccc4=NC3=O)c(O)n2C)n1. The van der Waals surface area contributed by atoms with Crippen molar-refractivity contribution >= 4 is 39.3 Å². The van der Waals surface area contributed by atoms with Gasteiger partial charge in [-0.3, -0.25) is 9.36 Å². The van der Waals surface area contributed by atoms with E-state index in [0.717, 1.165) is 10.9 Å². The highest BCUT2D eigenvalue weighted by molar-refractivity contribution is 7.13. The summed E-state index contributed by atoms with van der Waals surface area (Å²) in [7, 11) is 1.71. The van der Waals surface area contributed by atoms with Crippen LogP contribution in [0.3, 0.4) is 0 Å². The van der Waals surface area contributed by atoms with Crippen LogP contribution in [0.5, 0.6) is 5.88 Å². The second kappa shape index (κ2) is 5.50. The van der Waals surface area contributed by atoms with Crippen LogP contribution in [0.15, 0.2) is 39.6 Å². The van der Waals surface area contributed by atoms with E-state index in [1.165, 1.54) is 22.7 Å². The van der Waals surface area contributed by atoms with Crippen molar-refractivity contribution in [2.45, 2.75) is 6.92 Å². The molecule has 8 heteroatoms. The summed E-state index contributed by atoms with van der Waals surface area (Å²) in [5.41, 5.74) is 1.32. The Balaban J connectivity index is 1.97. The van der Waals surface area contributed by atoms with E-state index in [4.69, 9.17) is 0 Å². The number of nitrogens with zero attached hydrogens (tertiary/aromatic N) is 4. The largest absolute Gasteiger partial charge is 0.493 e. The zero-order valence-electron chi connectivity index (χ0n) is 12.8. The number of para-hydroxylation sites is 1. The predicted octanol–water partition coefficient (Wildman–Crippen LogP) is 1.15. The summed E-state index contributed by atoms with van der Waals surface area (Å²) in [4.78, 5) is 26.2. The average Bonchev–Trinajstić information content (AvgIpc) is 3.19. The number of aryl methyl sites for hydroxylation is 1. The Morgan fingerprint density at radius 2 is 2.08 bits per heavy atom. The van der Waals surface area contributed by atoms with Crippen LogP contribution >= 0.6 is 22.7 Å². The molecule has 0 saturated carbocycles. The molecule has 24 heavy (non-hydrogen) atoms. The van der Waals surface area contributed by atoms with Crippen molar-refractivity contribution in [3.05, 3.63) is 55.6 Å². The minimum absolute atomic E-state index is 0.00211.